The van der Waals surface area contributed by atoms with E-state index >= 15 is 0 Å². The second-order valence-corrected chi connectivity index (χ2v) is 4.89. The molecule has 102 valence electrons. The fraction of sp³-hybridized carbons (Fsp3) is 0. The van der Waals surface area contributed by atoms with E-state index in [-0.39, 0.29) is 5.11 Å². The highest BCUT2D eigenvalue weighted by molar-refractivity contribution is 7.80. The molecule has 0 radical (unpaired) electrons. The molecule has 0 fully saturated rings. The van der Waals surface area contributed by atoms with Gasteiger partial charge in [0.15, 0.2) is 0 Å². The summed E-state index contributed by atoms with van der Waals surface area (Å²) >= 11 is 17.0. The average Bonchev–Trinajstić information content (AvgIpc) is 2.45. The van der Waals surface area contributed by atoms with Crippen LogP contribution in [-0.2, 0) is 0 Å². The Morgan fingerprint density at radius 2 is 1.60 bits per heavy atom. The van der Waals surface area contributed by atoms with E-state index in [0.29, 0.717) is 21.4 Å². The zero-order valence-electron chi connectivity index (χ0n) is 10.2. The second-order valence-electron chi connectivity index (χ2n) is 3.69. The van der Waals surface area contributed by atoms with Crippen LogP contribution in [0.4, 0.5) is 11.4 Å². The first kappa shape index (κ1) is 14.7. The van der Waals surface area contributed by atoms with Crippen LogP contribution in [0.3, 0.4) is 0 Å². The molecule has 20 heavy (non-hydrogen) atoms. The number of benzene rings is 2. The molecule has 2 aromatic carbocycles. The molecule has 0 saturated heterocycles. The smallest absolute Gasteiger partial charge is 0.232 e. The number of thiocarbonyl (C=S) groups is 1. The molecule has 0 spiro atoms. The lowest BCUT2D eigenvalue weighted by Crippen LogP contribution is -2.26. The van der Waals surface area contributed by atoms with Crippen LogP contribution in [0.15, 0.2) is 58.8 Å². The van der Waals surface area contributed by atoms with Crippen LogP contribution < -0.4 is 10.9 Å². The quantitative estimate of drug-likeness (QED) is 0.475. The Morgan fingerprint density at radius 3 is 2.30 bits per heavy atom. The van der Waals surface area contributed by atoms with Crippen LogP contribution in [0.5, 0.6) is 0 Å². The number of nitrogens with one attached hydrogen (secondary N) is 2. The molecule has 0 aliphatic carbocycles. The topological polar surface area (TPSA) is 48.8 Å². The molecule has 0 amide bonds. The number of hydrazine groups is 1. The highest BCUT2D eigenvalue weighted by atomic mass is 35.5. The molecule has 7 heteroatoms. The van der Waals surface area contributed by atoms with Gasteiger partial charge in [-0.05, 0) is 36.5 Å². The number of nitrogens with zero attached hydrogens (tertiary/aromatic N) is 2. The van der Waals surface area contributed by atoms with Gasteiger partial charge >= 0.3 is 0 Å². The standard InChI is InChI=1S/C13H10Cl2N4S/c14-9-5-1-3-7-11(9)16-18-13(20)19-17-12-8-4-2-6-10(12)15/h1-8,16H,(H,18,20). The Kier molecular flexibility index (Phi) is 5.29. The number of rotatable bonds is 3. The highest BCUT2D eigenvalue weighted by Crippen LogP contribution is 2.24. The lowest BCUT2D eigenvalue weighted by Gasteiger charge is -2.08. The second kappa shape index (κ2) is 7.19. The molecular formula is C13H10Cl2N4S. The van der Waals surface area contributed by atoms with Gasteiger partial charge in [0, 0.05) is 0 Å². The van der Waals surface area contributed by atoms with Crippen molar-refractivity contribution in [3.05, 3.63) is 58.6 Å². The predicted octanol–water partition coefficient (Wildman–Crippen LogP) is 4.98. The molecule has 2 aromatic rings. The summed E-state index contributed by atoms with van der Waals surface area (Å²) in [6.07, 6.45) is 0. The van der Waals surface area contributed by atoms with Crippen molar-refractivity contribution in [2.75, 3.05) is 5.43 Å². The first-order valence-corrected chi connectivity index (χ1v) is 6.80. The van der Waals surface area contributed by atoms with Crippen LogP contribution in [0.2, 0.25) is 10.0 Å². The van der Waals surface area contributed by atoms with Gasteiger partial charge in [0.2, 0.25) is 5.11 Å². The van der Waals surface area contributed by atoms with Crippen molar-refractivity contribution in [1.29, 1.82) is 0 Å². The van der Waals surface area contributed by atoms with Crippen LogP contribution in [-0.4, -0.2) is 5.11 Å². The van der Waals surface area contributed by atoms with Crippen molar-refractivity contribution in [1.82, 2.24) is 5.43 Å². The van der Waals surface area contributed by atoms with Crippen LogP contribution in [0, 0.1) is 0 Å². The number of anilines is 1. The van der Waals surface area contributed by atoms with Gasteiger partial charge in [-0.25, -0.2) is 0 Å². The normalized spacial score (nSPS) is 10.5. The van der Waals surface area contributed by atoms with E-state index in [9.17, 15) is 0 Å². The molecule has 0 heterocycles. The van der Waals surface area contributed by atoms with E-state index in [1.165, 1.54) is 0 Å². The van der Waals surface area contributed by atoms with Gasteiger partial charge in [-0.15, -0.1) is 10.2 Å². The molecule has 0 aliphatic rings. The summed E-state index contributed by atoms with van der Waals surface area (Å²) in [5.74, 6) is 0. The molecule has 0 atom stereocenters. The van der Waals surface area contributed by atoms with Crippen molar-refractivity contribution < 1.29 is 0 Å². The van der Waals surface area contributed by atoms with Gasteiger partial charge in [-0.3, -0.25) is 10.9 Å². The van der Waals surface area contributed by atoms with Gasteiger partial charge in [-0.2, -0.15) is 0 Å². The van der Waals surface area contributed by atoms with E-state index < -0.39 is 0 Å². The van der Waals surface area contributed by atoms with E-state index in [1.807, 2.05) is 30.3 Å². The third kappa shape index (κ3) is 4.16. The lowest BCUT2D eigenvalue weighted by atomic mass is 10.3. The number of hydrogen-bond acceptors (Lipinski definition) is 3. The molecule has 0 aliphatic heterocycles. The third-order valence-electron chi connectivity index (χ3n) is 2.28. The SMILES string of the molecule is S=C(N=Nc1ccccc1Cl)NNc1ccccc1Cl. The minimum absolute atomic E-state index is 0.171. The molecule has 2 N–H and O–H groups in total. The number of azo groups is 1. The van der Waals surface area contributed by atoms with E-state index in [0.717, 1.165) is 0 Å². The Labute approximate surface area is 131 Å². The van der Waals surface area contributed by atoms with Crippen molar-refractivity contribution in [2.45, 2.75) is 0 Å². The highest BCUT2D eigenvalue weighted by Gasteiger charge is 1.99. The number of halogens is 2. The summed E-state index contributed by atoms with van der Waals surface area (Å²) in [5, 5.41) is 9.07. The zero-order chi connectivity index (χ0) is 14.4. The molecule has 0 unspecified atom stereocenters. The number of hydrogen-bond donors (Lipinski definition) is 2. The van der Waals surface area contributed by atoms with E-state index in [4.69, 9.17) is 35.4 Å². The third-order valence-corrected chi connectivity index (χ3v) is 3.11. The molecule has 2 rings (SSSR count). The summed E-state index contributed by atoms with van der Waals surface area (Å²) in [5.41, 5.74) is 6.83. The van der Waals surface area contributed by atoms with Gasteiger partial charge in [0.1, 0.15) is 5.69 Å². The largest absolute Gasteiger partial charge is 0.297 e. The summed E-state index contributed by atoms with van der Waals surface area (Å²) in [6.45, 7) is 0. The summed E-state index contributed by atoms with van der Waals surface area (Å²) in [7, 11) is 0. The fourth-order valence-corrected chi connectivity index (χ4v) is 1.79. The maximum atomic E-state index is 5.98. The maximum absolute atomic E-state index is 5.98. The number of para-hydroxylation sites is 1. The monoisotopic (exact) mass is 324 g/mol. The van der Waals surface area contributed by atoms with Crippen LogP contribution >= 0.6 is 35.4 Å². The van der Waals surface area contributed by atoms with Gasteiger partial charge in [0.05, 0.1) is 15.7 Å². The average molecular weight is 325 g/mol. The first-order chi connectivity index (χ1) is 9.66. The van der Waals surface area contributed by atoms with Gasteiger partial charge < -0.3 is 0 Å². The Balaban J connectivity index is 1.93. The van der Waals surface area contributed by atoms with Crippen molar-refractivity contribution in [3.63, 3.8) is 0 Å². The van der Waals surface area contributed by atoms with Crippen molar-refractivity contribution >= 4 is 51.9 Å². The van der Waals surface area contributed by atoms with Crippen LogP contribution in [0.1, 0.15) is 0 Å². The van der Waals surface area contributed by atoms with Gasteiger partial charge in [0.25, 0.3) is 0 Å². The zero-order valence-corrected chi connectivity index (χ0v) is 12.5. The predicted molar refractivity (Wildman–Crippen MR) is 86.8 cm³/mol. The first-order valence-electron chi connectivity index (χ1n) is 5.63. The van der Waals surface area contributed by atoms with E-state index in [2.05, 4.69) is 21.1 Å². The Hall–Kier alpha value is -1.69. The van der Waals surface area contributed by atoms with Gasteiger partial charge in [-0.1, -0.05) is 47.5 Å². The van der Waals surface area contributed by atoms with Crippen LogP contribution in [0.25, 0.3) is 0 Å². The Morgan fingerprint density at radius 1 is 0.950 bits per heavy atom. The molecule has 0 bridgehead atoms. The summed E-state index contributed by atoms with van der Waals surface area (Å²) in [4.78, 5) is 0. The van der Waals surface area contributed by atoms with Crippen molar-refractivity contribution in [2.24, 2.45) is 10.2 Å². The summed E-state index contributed by atoms with van der Waals surface area (Å²) < 4.78 is 0. The molecule has 4 nitrogen and oxygen atoms in total. The molecular weight excluding hydrogens is 315 g/mol. The molecule has 0 saturated carbocycles. The van der Waals surface area contributed by atoms with Crippen molar-refractivity contribution in [3.8, 4) is 0 Å². The lowest BCUT2D eigenvalue weighted by molar-refractivity contribution is 1.10. The minimum Gasteiger partial charge on any atom is -0.297 e. The maximum Gasteiger partial charge on any atom is 0.232 e. The minimum atomic E-state index is 0.171. The summed E-state index contributed by atoms with van der Waals surface area (Å²) in [6, 6.07) is 14.4. The Bertz CT molecular complexity index is 646. The van der Waals surface area contributed by atoms with E-state index in [1.54, 1.807) is 18.2 Å². The fourth-order valence-electron chi connectivity index (χ4n) is 1.34. The molecule has 0 aromatic heterocycles.